The Hall–Kier alpha value is -3.28. The number of rotatable bonds is 11. The van der Waals surface area contributed by atoms with Gasteiger partial charge in [0.15, 0.2) is 5.60 Å². The lowest BCUT2D eigenvalue weighted by molar-refractivity contribution is -0.858. The molecule has 2 atom stereocenters. The fourth-order valence-corrected chi connectivity index (χ4v) is 2.15. The van der Waals surface area contributed by atoms with E-state index in [0.29, 0.717) is 4.68 Å². The van der Waals surface area contributed by atoms with Gasteiger partial charge in [-0.25, -0.2) is 4.79 Å². The molecule has 2 rings (SSSR count). The average Bonchev–Trinajstić information content (AvgIpc) is 3.33. The largest absolute Gasteiger partial charge is 0.550 e. The molecule has 11 heteroatoms. The van der Waals surface area contributed by atoms with Gasteiger partial charge in [-0.2, -0.15) is 5.10 Å². The second kappa shape index (κ2) is 12.5. The first-order valence-corrected chi connectivity index (χ1v) is 8.50. The van der Waals surface area contributed by atoms with Crippen molar-refractivity contribution in [2.45, 2.75) is 24.5 Å². The molecule has 32 heavy (non-hydrogen) atoms. The van der Waals surface area contributed by atoms with Crippen LogP contribution in [0.4, 0.5) is 0 Å². The maximum Gasteiger partial charge on any atom is 0.336 e. The van der Waals surface area contributed by atoms with E-state index in [-0.39, 0.29) is 5.56 Å². The number of carboxylic acids is 3. The summed E-state index contributed by atoms with van der Waals surface area (Å²) >= 11 is 0. The van der Waals surface area contributed by atoms with Gasteiger partial charge >= 0.3 is 11.9 Å². The van der Waals surface area contributed by atoms with Gasteiger partial charge in [0.1, 0.15) is 12.6 Å². The van der Waals surface area contributed by atoms with Gasteiger partial charge in [0.2, 0.25) is 0 Å². The van der Waals surface area contributed by atoms with Crippen molar-refractivity contribution in [2.24, 2.45) is 6.98 Å². The van der Waals surface area contributed by atoms with Crippen LogP contribution in [0.25, 0.3) is 0 Å². The molecule has 11 nitrogen and oxygen atoms in total. The molecular weight excluding hydrogens is 422 g/mol. The Labute approximate surface area is 205 Å². The molecule has 2 unspecified atom stereocenters. The van der Waals surface area contributed by atoms with Gasteiger partial charge in [-0.15, -0.1) is 0 Å². The zero-order valence-electron chi connectivity index (χ0n) is 30.2. The normalized spacial score (nSPS) is 23.1. The van der Waals surface area contributed by atoms with Gasteiger partial charge in [0.05, 0.1) is 47.7 Å². The number of quaternary nitrogens is 1. The molecule has 1 aromatic heterocycles. The van der Waals surface area contributed by atoms with Gasteiger partial charge < -0.3 is 34.9 Å². The number of carboxylic acid groups (broad SMARTS) is 3. The Bertz CT molecular complexity index is 1350. The minimum atomic E-state index is -3.75. The lowest BCUT2D eigenvalue weighted by Crippen LogP contribution is -3.06. The van der Waals surface area contributed by atoms with E-state index in [1.165, 1.54) is 24.3 Å². The molecule has 0 saturated carbocycles. The molecule has 4 N–H and O–H groups in total. The summed E-state index contributed by atoms with van der Waals surface area (Å²) < 4.78 is 115. The Morgan fingerprint density at radius 1 is 1.28 bits per heavy atom. The molecule has 0 amide bonds. The smallest absolute Gasteiger partial charge is 0.336 e. The van der Waals surface area contributed by atoms with E-state index < -0.39 is 87.0 Å². The summed E-state index contributed by atoms with van der Waals surface area (Å²) in [4.78, 5) is 28.6. The number of benzene rings is 1. The Morgan fingerprint density at radius 3 is 2.50 bits per heavy atom. The predicted molar refractivity (Wildman–Crippen MR) is 110 cm³/mol. The number of ether oxygens (including phenoxy) is 1. The van der Waals surface area contributed by atoms with Crippen LogP contribution in [0.5, 0.6) is 0 Å². The van der Waals surface area contributed by atoms with Crippen LogP contribution in [0.2, 0.25) is 0 Å². The van der Waals surface area contributed by atoms with Gasteiger partial charge in [0, 0.05) is 29.7 Å². The topological polar surface area (TPSA) is 166 Å². The predicted octanol–water partition coefficient (Wildman–Crippen LogP) is -1.91. The number of aryl methyl sites for hydroxylation is 1. The van der Waals surface area contributed by atoms with Crippen LogP contribution in [0, 0.1) is 0 Å². The van der Waals surface area contributed by atoms with Crippen molar-refractivity contribution in [2.75, 3.05) is 27.0 Å². The van der Waals surface area contributed by atoms with Gasteiger partial charge in [-0.3, -0.25) is 9.48 Å². The number of likely N-dealkylation sites (N-methyl/N-ethyl adjacent to an activating group) is 1. The van der Waals surface area contributed by atoms with Crippen LogP contribution in [0.1, 0.15) is 49.4 Å². The molecule has 0 spiro atoms. The van der Waals surface area contributed by atoms with Crippen molar-refractivity contribution in [3.05, 3.63) is 53.9 Å². The van der Waals surface area contributed by atoms with E-state index in [2.05, 4.69) is 5.10 Å². The number of hydrogen-bond acceptors (Lipinski definition) is 7. The molecule has 0 aliphatic rings. The second-order valence-electron chi connectivity index (χ2n) is 5.98. The second-order valence-corrected chi connectivity index (χ2v) is 5.98. The summed E-state index contributed by atoms with van der Waals surface area (Å²) in [6, 6.07) is 8.04. The summed E-state index contributed by atoms with van der Waals surface area (Å²) in [5.41, 5.74) is -3.46. The van der Waals surface area contributed by atoms with E-state index in [1.807, 2.05) is 0 Å². The first kappa shape index (κ1) is 12.1. The van der Waals surface area contributed by atoms with Gasteiger partial charge in [-0.05, 0) is 11.6 Å². The quantitative estimate of drug-likeness (QED) is 0.296. The third kappa shape index (κ3) is 8.84. The highest BCUT2D eigenvalue weighted by Crippen LogP contribution is 2.24. The number of nitrogens with one attached hydrogen (secondary N) is 1. The van der Waals surface area contributed by atoms with Crippen LogP contribution >= 0.6 is 0 Å². The van der Waals surface area contributed by atoms with Crippen molar-refractivity contribution in [1.82, 2.24) is 9.78 Å². The molecule has 0 aliphatic heterocycles. The lowest BCUT2D eigenvalue weighted by Gasteiger charge is -2.21. The average molecular weight is 466 g/mol. The first-order chi connectivity index (χ1) is 20.4. The molecule has 0 radical (unpaired) electrons. The maximum atomic E-state index is 10.3. The van der Waals surface area contributed by atoms with Crippen molar-refractivity contribution in [1.29, 1.82) is 0 Å². The number of carbonyl (C=O) groups excluding carboxylic acids is 1. The van der Waals surface area contributed by atoms with E-state index in [1.54, 1.807) is 6.07 Å². The van der Waals surface area contributed by atoms with Crippen LogP contribution < -0.4 is 10.0 Å². The monoisotopic (exact) mass is 465 g/mol. The Morgan fingerprint density at radius 2 is 1.97 bits per heavy atom. The van der Waals surface area contributed by atoms with Crippen LogP contribution in [-0.2, 0) is 26.1 Å². The van der Waals surface area contributed by atoms with E-state index in [0.717, 1.165) is 12.3 Å². The molecule has 1 heterocycles. The Balaban J connectivity index is 0.000000685. The summed E-state index contributed by atoms with van der Waals surface area (Å²) in [5, 5.41) is 39.1. The molecule has 0 bridgehead atoms. The summed E-state index contributed by atoms with van der Waals surface area (Å²) in [5.74, 6) is -5.34. The molecule has 0 aliphatic carbocycles. The van der Waals surface area contributed by atoms with Gasteiger partial charge in [0.25, 0.3) is 0 Å². The molecule has 1 aromatic carbocycles. The first-order valence-electron chi connectivity index (χ1n) is 15.5. The van der Waals surface area contributed by atoms with Crippen molar-refractivity contribution < 1.29 is 63.6 Å². The maximum absolute atomic E-state index is 10.3. The lowest BCUT2D eigenvalue weighted by atomic mass is 9.96. The summed E-state index contributed by atoms with van der Waals surface area (Å²) in [6.45, 7) is -17.5. The standard InChI is InChI=1S/C15H21N3O.C6H8O7/c1-17(2)11-12-19-15(13-7-5-4-6-8-13)14-9-10-16-18(14)3;7-3(8)1-6(13,5(11)12)2-4(9)10/h4-10,15H,11-12H2,1-3H3;13H,1-2H2,(H,7,8)(H,9,10)(H,11,12)/i1D3,2D3,3D3,11D2,12D2,15D;. The number of aromatic nitrogens is 2. The van der Waals surface area contributed by atoms with Crippen molar-refractivity contribution in [3.63, 3.8) is 0 Å². The number of carbonyl (C=O) groups is 3. The molecule has 0 fully saturated rings. The van der Waals surface area contributed by atoms with Crippen LogP contribution in [0.3, 0.4) is 0 Å². The highest BCUT2D eigenvalue weighted by atomic mass is 16.5. The third-order valence-electron chi connectivity index (χ3n) is 3.52. The molecule has 0 saturated heterocycles. The minimum absolute atomic E-state index is 0.139. The van der Waals surface area contributed by atoms with Crippen LogP contribution in [0.15, 0.2) is 42.6 Å². The zero-order chi connectivity index (χ0) is 36.3. The van der Waals surface area contributed by atoms with Crippen LogP contribution in [-0.4, -0.2) is 75.6 Å². The van der Waals surface area contributed by atoms with E-state index in [4.69, 9.17) is 39.2 Å². The van der Waals surface area contributed by atoms with Crippen molar-refractivity contribution in [3.8, 4) is 0 Å². The minimum Gasteiger partial charge on any atom is -0.550 e. The SMILES string of the molecule is O=C([O-])CC(O)(CC(=O)O)C(=O)O.[2H]C(OC([2H])([2H])C([2H])([2H])[NH+](C([2H])([2H])[2H])C([2H])([2H])[2H])(c1ccccc1)c1ccnn1C([2H])([2H])[2H]. The van der Waals surface area contributed by atoms with E-state index in [9.17, 15) is 19.5 Å². The number of hydrogen-bond donors (Lipinski definition) is 4. The van der Waals surface area contributed by atoms with Crippen molar-refractivity contribution >= 4 is 17.9 Å². The summed E-state index contributed by atoms with van der Waals surface area (Å²) in [7, 11) is 0. The Kier molecular flexibility index (Phi) is 4.74. The highest BCUT2D eigenvalue weighted by Gasteiger charge is 2.38. The number of aliphatic carboxylic acids is 3. The number of nitrogens with zero attached hydrogens (tertiary/aromatic N) is 2. The molecule has 2 aromatic rings. The third-order valence-corrected chi connectivity index (χ3v) is 3.52. The fourth-order valence-electron chi connectivity index (χ4n) is 2.15. The zero-order valence-corrected chi connectivity index (χ0v) is 16.2. The fraction of sp³-hybridized carbons (Fsp3) is 0.429. The molecular formula is C21H29N3O8. The number of aliphatic hydroxyl groups is 1. The highest BCUT2D eigenvalue weighted by molar-refractivity contribution is 5.87. The summed E-state index contributed by atoms with van der Waals surface area (Å²) in [6.07, 6.45) is -4.19. The molecule has 176 valence electrons. The van der Waals surface area contributed by atoms with Gasteiger partial charge in [-0.1, -0.05) is 30.3 Å². The van der Waals surface area contributed by atoms with E-state index >= 15 is 0 Å².